The molecule has 2 aromatic rings. The van der Waals surface area contributed by atoms with E-state index in [0.717, 1.165) is 16.9 Å². The van der Waals surface area contributed by atoms with Crippen molar-refractivity contribution in [3.8, 4) is 0 Å². The number of aromatic nitrogens is 4. The molecular formula is C19H23F3N4O3. The smallest absolute Gasteiger partial charge is 0.433 e. The largest absolute Gasteiger partial charge is 0.458 e. The summed E-state index contributed by atoms with van der Waals surface area (Å²) in [5.41, 5.74) is -1.79. The molecule has 0 saturated carbocycles. The van der Waals surface area contributed by atoms with Gasteiger partial charge in [-0.05, 0) is 44.7 Å². The van der Waals surface area contributed by atoms with E-state index < -0.39 is 35.2 Å². The fraction of sp³-hybridized carbons (Fsp3) is 0.579. The number of ether oxygens (including phenoxy) is 1. The number of pyridine rings is 1. The van der Waals surface area contributed by atoms with E-state index in [1.54, 1.807) is 20.8 Å². The van der Waals surface area contributed by atoms with Crippen LogP contribution in [0.15, 0.2) is 23.1 Å². The summed E-state index contributed by atoms with van der Waals surface area (Å²) in [5.74, 6) is 0.0932. The molecule has 0 aliphatic carbocycles. The van der Waals surface area contributed by atoms with E-state index in [1.807, 2.05) is 6.92 Å². The van der Waals surface area contributed by atoms with Gasteiger partial charge in [0.1, 0.15) is 23.2 Å². The van der Waals surface area contributed by atoms with Crippen molar-refractivity contribution < 1.29 is 22.7 Å². The van der Waals surface area contributed by atoms with Crippen LogP contribution in [0.5, 0.6) is 0 Å². The molecule has 1 aliphatic heterocycles. The van der Waals surface area contributed by atoms with Crippen molar-refractivity contribution in [2.75, 3.05) is 0 Å². The van der Waals surface area contributed by atoms with Gasteiger partial charge in [-0.3, -0.25) is 9.55 Å². The summed E-state index contributed by atoms with van der Waals surface area (Å²) in [6, 6.07) is 1.34. The first-order valence-corrected chi connectivity index (χ1v) is 9.28. The molecule has 158 valence electrons. The molecule has 10 heteroatoms. The molecule has 0 spiro atoms. The van der Waals surface area contributed by atoms with E-state index in [0.29, 0.717) is 24.2 Å². The molecule has 0 amide bonds. The number of nitrogens with zero attached hydrogens (tertiary/aromatic N) is 4. The zero-order chi connectivity index (χ0) is 21.6. The van der Waals surface area contributed by atoms with Gasteiger partial charge in [-0.25, -0.2) is 14.3 Å². The lowest BCUT2D eigenvalue weighted by atomic mass is 9.94. The Morgan fingerprint density at radius 3 is 2.52 bits per heavy atom. The number of fused-ring (bicyclic) bond motifs is 1. The first-order valence-electron chi connectivity index (χ1n) is 9.28. The number of hydrogen-bond acceptors (Lipinski definition) is 5. The Labute approximate surface area is 165 Å². The zero-order valence-electron chi connectivity index (χ0n) is 16.7. The minimum absolute atomic E-state index is 0.0423. The molecular weight excluding hydrogens is 389 g/mol. The van der Waals surface area contributed by atoms with Crippen molar-refractivity contribution in [3.63, 3.8) is 0 Å². The Bertz CT molecular complexity index is 955. The molecule has 3 heterocycles. The quantitative estimate of drug-likeness (QED) is 0.725. The van der Waals surface area contributed by atoms with Crippen molar-refractivity contribution in [2.24, 2.45) is 5.92 Å². The maximum Gasteiger partial charge on any atom is 0.433 e. The number of rotatable bonds is 3. The summed E-state index contributed by atoms with van der Waals surface area (Å²) in [6.45, 7) is 7.18. The van der Waals surface area contributed by atoms with Crippen LogP contribution in [-0.4, -0.2) is 30.9 Å². The highest BCUT2D eigenvalue weighted by atomic mass is 19.4. The van der Waals surface area contributed by atoms with Crippen molar-refractivity contribution in [3.05, 3.63) is 45.9 Å². The topological polar surface area (TPSA) is 79.0 Å². The predicted molar refractivity (Wildman–Crippen MR) is 97.2 cm³/mol. The third-order valence-electron chi connectivity index (χ3n) is 4.54. The number of halogens is 3. The van der Waals surface area contributed by atoms with Gasteiger partial charge in [0.2, 0.25) is 0 Å². The van der Waals surface area contributed by atoms with Crippen LogP contribution in [0.1, 0.15) is 57.2 Å². The number of carbonyl (C=O) groups excluding carboxylic acids is 1. The molecule has 0 fully saturated rings. The highest BCUT2D eigenvalue weighted by Crippen LogP contribution is 2.29. The van der Waals surface area contributed by atoms with Gasteiger partial charge in [0.15, 0.2) is 0 Å². The third-order valence-corrected chi connectivity index (χ3v) is 4.54. The maximum absolute atomic E-state index is 12.9. The lowest BCUT2D eigenvalue weighted by molar-refractivity contribution is -0.160. The fourth-order valence-electron chi connectivity index (χ4n) is 3.33. The van der Waals surface area contributed by atoms with E-state index >= 15 is 0 Å². The molecule has 2 aromatic heterocycles. The van der Waals surface area contributed by atoms with Crippen LogP contribution >= 0.6 is 0 Å². The predicted octanol–water partition coefficient (Wildman–Crippen LogP) is 2.97. The second kappa shape index (κ2) is 7.31. The molecule has 2 atom stereocenters. The van der Waals surface area contributed by atoms with Crippen LogP contribution in [0.25, 0.3) is 0 Å². The van der Waals surface area contributed by atoms with Crippen molar-refractivity contribution in [2.45, 2.75) is 64.9 Å². The molecule has 0 radical (unpaired) electrons. The summed E-state index contributed by atoms with van der Waals surface area (Å²) >= 11 is 0. The molecule has 0 bridgehead atoms. The van der Waals surface area contributed by atoms with Crippen molar-refractivity contribution in [1.82, 2.24) is 19.3 Å². The van der Waals surface area contributed by atoms with Gasteiger partial charge in [0.25, 0.3) is 0 Å². The number of carbonyl (C=O) groups is 1. The normalized spacial score (nSPS) is 19.7. The summed E-state index contributed by atoms with van der Waals surface area (Å²) in [6.07, 6.45) is -2.48. The molecule has 0 N–H and O–H groups in total. The molecule has 1 aliphatic rings. The monoisotopic (exact) mass is 412 g/mol. The molecule has 2 unspecified atom stereocenters. The highest BCUT2D eigenvalue weighted by molar-refractivity contribution is 5.75. The van der Waals surface area contributed by atoms with Crippen LogP contribution in [0.3, 0.4) is 0 Å². The van der Waals surface area contributed by atoms with Gasteiger partial charge in [-0.15, -0.1) is 0 Å². The fourth-order valence-corrected chi connectivity index (χ4v) is 3.33. The molecule has 0 aromatic carbocycles. The first kappa shape index (κ1) is 21.1. The lowest BCUT2D eigenvalue weighted by Gasteiger charge is -2.29. The van der Waals surface area contributed by atoms with Crippen LogP contribution < -0.4 is 5.69 Å². The second-order valence-electron chi connectivity index (χ2n) is 8.37. The number of esters is 1. The van der Waals surface area contributed by atoms with E-state index in [9.17, 15) is 22.8 Å². The van der Waals surface area contributed by atoms with E-state index in [-0.39, 0.29) is 12.5 Å². The van der Waals surface area contributed by atoms with E-state index in [1.165, 1.54) is 10.6 Å². The summed E-state index contributed by atoms with van der Waals surface area (Å²) in [5, 5.41) is 4.31. The minimum atomic E-state index is -4.53. The summed E-state index contributed by atoms with van der Waals surface area (Å²) in [7, 11) is 0. The highest BCUT2D eigenvalue weighted by Gasteiger charge is 2.36. The van der Waals surface area contributed by atoms with Gasteiger partial charge in [-0.1, -0.05) is 13.0 Å². The average Bonchev–Trinajstić information content (AvgIpc) is 2.88. The Hall–Kier alpha value is -2.65. The van der Waals surface area contributed by atoms with Crippen molar-refractivity contribution in [1.29, 1.82) is 0 Å². The minimum Gasteiger partial charge on any atom is -0.458 e. The lowest BCUT2D eigenvalue weighted by Crippen LogP contribution is -2.39. The standard InChI is InChI=1S/C19H23F3N4O3/c1-11-7-13(16(27)29-18(2,3)4)26-15(8-11)24-25(17(26)28)10-12-5-6-14(23-9-12)19(20,21)22/h5-6,9,11,13H,7-8,10H2,1-4H3. The van der Waals surface area contributed by atoms with Gasteiger partial charge in [-0.2, -0.15) is 18.3 Å². The third kappa shape index (κ3) is 4.68. The zero-order valence-corrected chi connectivity index (χ0v) is 16.7. The van der Waals surface area contributed by atoms with Crippen LogP contribution in [0, 0.1) is 5.92 Å². The second-order valence-corrected chi connectivity index (χ2v) is 8.37. The molecule has 0 saturated heterocycles. The SMILES string of the molecule is CC1Cc2nn(Cc3ccc(C(F)(F)F)nc3)c(=O)n2C(C(=O)OC(C)(C)C)C1. The number of hydrogen-bond donors (Lipinski definition) is 0. The average molecular weight is 412 g/mol. The number of alkyl halides is 3. The van der Waals surface area contributed by atoms with Crippen LogP contribution in [0.2, 0.25) is 0 Å². The van der Waals surface area contributed by atoms with Gasteiger partial charge in [0.05, 0.1) is 6.54 Å². The first-order chi connectivity index (χ1) is 13.3. The summed E-state index contributed by atoms with van der Waals surface area (Å²) < 4.78 is 45.9. The van der Waals surface area contributed by atoms with E-state index in [4.69, 9.17) is 4.74 Å². The molecule has 29 heavy (non-hydrogen) atoms. The van der Waals surface area contributed by atoms with Crippen LogP contribution in [-0.2, 0) is 28.7 Å². The van der Waals surface area contributed by atoms with Crippen molar-refractivity contribution >= 4 is 5.97 Å². The van der Waals surface area contributed by atoms with Crippen LogP contribution in [0.4, 0.5) is 13.2 Å². The summed E-state index contributed by atoms with van der Waals surface area (Å²) in [4.78, 5) is 28.9. The maximum atomic E-state index is 12.9. The Kier molecular flexibility index (Phi) is 5.31. The molecule has 3 rings (SSSR count). The Morgan fingerprint density at radius 2 is 1.97 bits per heavy atom. The Morgan fingerprint density at radius 1 is 1.28 bits per heavy atom. The molecule has 7 nitrogen and oxygen atoms in total. The van der Waals surface area contributed by atoms with Gasteiger partial charge >= 0.3 is 17.8 Å². The Balaban J connectivity index is 1.89. The van der Waals surface area contributed by atoms with E-state index in [2.05, 4.69) is 10.1 Å². The van der Waals surface area contributed by atoms with Gasteiger partial charge < -0.3 is 4.74 Å². The van der Waals surface area contributed by atoms with Gasteiger partial charge in [0, 0.05) is 12.6 Å².